The number of carbonyl (C=O) groups excluding carboxylic acids is 1. The van der Waals surface area contributed by atoms with E-state index in [1.807, 2.05) is 11.8 Å². The molecule has 0 saturated carbocycles. The minimum Gasteiger partial charge on any atom is -0.293 e. The van der Waals surface area contributed by atoms with Crippen molar-refractivity contribution < 1.29 is 4.79 Å². The van der Waals surface area contributed by atoms with Gasteiger partial charge in [-0.3, -0.25) is 4.79 Å². The van der Waals surface area contributed by atoms with Crippen LogP contribution in [0.5, 0.6) is 0 Å². The van der Waals surface area contributed by atoms with Crippen molar-refractivity contribution in [2.24, 2.45) is 0 Å². The minimum absolute atomic E-state index is 0.380. The normalized spacial score (nSPS) is 14.1. The van der Waals surface area contributed by atoms with E-state index in [4.69, 9.17) is 0 Å². The van der Waals surface area contributed by atoms with Crippen LogP contribution in [0.2, 0.25) is 0 Å². The summed E-state index contributed by atoms with van der Waals surface area (Å²) in [5.74, 6) is 2.71. The van der Waals surface area contributed by atoms with Gasteiger partial charge in [-0.25, -0.2) is 0 Å². The van der Waals surface area contributed by atoms with Crippen molar-refractivity contribution >= 4 is 28.9 Å². The van der Waals surface area contributed by atoms with Crippen LogP contribution in [0.15, 0.2) is 6.07 Å². The first-order valence-corrected chi connectivity index (χ1v) is 10.5. The molecule has 0 fully saturated rings. The average molecular weight is 325 g/mol. The predicted molar refractivity (Wildman–Crippen MR) is 95.7 cm³/mol. The summed E-state index contributed by atoms with van der Waals surface area (Å²) in [5, 5.41) is 0. The molecule has 1 aromatic rings. The van der Waals surface area contributed by atoms with E-state index in [0.29, 0.717) is 5.78 Å². The predicted octanol–water partition coefficient (Wildman–Crippen LogP) is 6.25. The largest absolute Gasteiger partial charge is 0.293 e. The molecule has 2 heterocycles. The monoisotopic (exact) mass is 324 g/mol. The van der Waals surface area contributed by atoms with Gasteiger partial charge in [0.1, 0.15) is 0 Å². The van der Waals surface area contributed by atoms with Gasteiger partial charge in [0, 0.05) is 17.1 Å². The van der Waals surface area contributed by atoms with E-state index in [2.05, 4.69) is 13.0 Å². The lowest BCUT2D eigenvalue weighted by Gasteiger charge is -2.08. The molecule has 1 aromatic heterocycles. The highest BCUT2D eigenvalue weighted by Crippen LogP contribution is 2.32. The lowest BCUT2D eigenvalue weighted by atomic mass is 10.1. The van der Waals surface area contributed by atoms with E-state index in [0.717, 1.165) is 29.9 Å². The first-order valence-electron chi connectivity index (χ1n) is 8.53. The van der Waals surface area contributed by atoms with Gasteiger partial charge in [-0.15, -0.1) is 11.3 Å². The lowest BCUT2D eigenvalue weighted by molar-refractivity contribution is 0.0983. The molecular formula is C18H28OS2. The lowest BCUT2D eigenvalue weighted by Crippen LogP contribution is -1.96. The van der Waals surface area contributed by atoms with Gasteiger partial charge in [-0.1, -0.05) is 51.9 Å². The van der Waals surface area contributed by atoms with Crippen molar-refractivity contribution in [2.45, 2.75) is 76.9 Å². The van der Waals surface area contributed by atoms with Crippen LogP contribution in [-0.4, -0.2) is 11.5 Å². The second kappa shape index (κ2) is 9.68. The molecule has 0 radical (unpaired) electrons. The van der Waals surface area contributed by atoms with E-state index < -0.39 is 0 Å². The number of aryl methyl sites for hydroxylation is 1. The Hall–Kier alpha value is -0.280. The van der Waals surface area contributed by atoms with Crippen LogP contribution in [0.4, 0.5) is 0 Å². The Morgan fingerprint density at radius 2 is 1.81 bits per heavy atom. The summed E-state index contributed by atoms with van der Waals surface area (Å²) in [6.07, 6.45) is 12.3. The molecular weight excluding hydrogens is 296 g/mol. The van der Waals surface area contributed by atoms with Gasteiger partial charge >= 0.3 is 0 Å². The fraction of sp³-hybridized carbons (Fsp3) is 0.722. The van der Waals surface area contributed by atoms with Crippen LogP contribution < -0.4 is 0 Å². The maximum absolute atomic E-state index is 12.2. The van der Waals surface area contributed by atoms with Crippen LogP contribution in [0, 0.1) is 0 Å². The molecule has 118 valence electrons. The summed E-state index contributed by atoms with van der Waals surface area (Å²) >= 11 is 3.75. The third kappa shape index (κ3) is 5.78. The molecule has 0 amide bonds. The zero-order valence-electron chi connectivity index (χ0n) is 13.3. The first kappa shape index (κ1) is 17.1. The summed E-state index contributed by atoms with van der Waals surface area (Å²) < 4.78 is 0. The van der Waals surface area contributed by atoms with Crippen molar-refractivity contribution in [1.29, 1.82) is 0 Å². The third-order valence-corrected chi connectivity index (χ3v) is 6.45. The van der Waals surface area contributed by atoms with Crippen LogP contribution >= 0.6 is 23.1 Å². The number of carbonyl (C=O) groups is 1. The van der Waals surface area contributed by atoms with Gasteiger partial charge < -0.3 is 0 Å². The standard InChI is InChI=1S/C18H28OS2/c1-2-3-4-5-6-7-8-9-10-16(19)18-13-15-14-20-12-11-17(15)21-18/h13H,2-12,14H2,1H3. The highest BCUT2D eigenvalue weighted by Gasteiger charge is 2.17. The number of thioether (sulfide) groups is 1. The van der Waals surface area contributed by atoms with Crippen molar-refractivity contribution in [3.8, 4) is 0 Å². The van der Waals surface area contributed by atoms with E-state index in [1.54, 1.807) is 11.3 Å². The molecule has 0 unspecified atom stereocenters. The van der Waals surface area contributed by atoms with E-state index in [-0.39, 0.29) is 0 Å². The number of rotatable bonds is 10. The summed E-state index contributed by atoms with van der Waals surface area (Å²) in [6.45, 7) is 2.26. The Balaban J connectivity index is 1.60. The Morgan fingerprint density at radius 1 is 1.10 bits per heavy atom. The number of thiophene rings is 1. The number of ketones is 1. The molecule has 1 aliphatic heterocycles. The molecule has 0 N–H and O–H groups in total. The summed E-state index contributed by atoms with van der Waals surface area (Å²) in [4.78, 5) is 14.7. The first-order chi connectivity index (χ1) is 10.3. The Kier molecular flexibility index (Phi) is 7.87. The van der Waals surface area contributed by atoms with Crippen molar-refractivity contribution in [3.63, 3.8) is 0 Å². The van der Waals surface area contributed by atoms with E-state index in [9.17, 15) is 4.79 Å². The van der Waals surface area contributed by atoms with Crippen molar-refractivity contribution in [2.75, 3.05) is 5.75 Å². The Morgan fingerprint density at radius 3 is 2.52 bits per heavy atom. The van der Waals surface area contributed by atoms with E-state index >= 15 is 0 Å². The van der Waals surface area contributed by atoms with Gasteiger partial charge in [0.25, 0.3) is 0 Å². The third-order valence-electron chi connectivity index (χ3n) is 4.16. The van der Waals surface area contributed by atoms with Crippen LogP contribution in [-0.2, 0) is 12.2 Å². The highest BCUT2D eigenvalue weighted by molar-refractivity contribution is 7.98. The molecule has 1 nitrogen and oxygen atoms in total. The number of hydrogen-bond donors (Lipinski definition) is 0. The molecule has 3 heteroatoms. The zero-order valence-corrected chi connectivity index (χ0v) is 14.9. The smallest absolute Gasteiger partial charge is 0.172 e. The number of fused-ring (bicyclic) bond motifs is 1. The topological polar surface area (TPSA) is 17.1 Å². The molecule has 0 bridgehead atoms. The SMILES string of the molecule is CCCCCCCCCCC(=O)c1cc2c(s1)CCSC2. The second-order valence-corrected chi connectivity index (χ2v) is 8.25. The maximum Gasteiger partial charge on any atom is 0.172 e. The zero-order chi connectivity index (χ0) is 14.9. The van der Waals surface area contributed by atoms with Crippen molar-refractivity contribution in [3.05, 3.63) is 21.4 Å². The number of hydrogen-bond acceptors (Lipinski definition) is 3. The molecule has 0 atom stereocenters. The number of Topliss-reactive ketones (excluding diaryl/α,β-unsaturated/α-hetero) is 1. The average Bonchev–Trinajstić information content (AvgIpc) is 2.94. The van der Waals surface area contributed by atoms with Crippen LogP contribution in [0.1, 0.15) is 84.8 Å². The molecule has 1 aliphatic rings. The highest BCUT2D eigenvalue weighted by atomic mass is 32.2. The molecule has 0 aliphatic carbocycles. The van der Waals surface area contributed by atoms with Gasteiger partial charge in [0.05, 0.1) is 4.88 Å². The summed E-state index contributed by atoms with van der Waals surface area (Å²) in [6, 6.07) is 2.17. The fourth-order valence-corrected chi connectivity index (χ4v) is 5.17. The molecule has 2 rings (SSSR count). The molecule has 0 saturated heterocycles. The van der Waals surface area contributed by atoms with Gasteiger partial charge in [-0.2, -0.15) is 11.8 Å². The quantitative estimate of drug-likeness (QED) is 0.374. The van der Waals surface area contributed by atoms with Crippen LogP contribution in [0.25, 0.3) is 0 Å². The Bertz CT molecular complexity index is 413. The van der Waals surface area contributed by atoms with Gasteiger partial charge in [0.15, 0.2) is 5.78 Å². The molecule has 21 heavy (non-hydrogen) atoms. The van der Waals surface area contributed by atoms with Gasteiger partial charge in [-0.05, 0) is 30.2 Å². The fourth-order valence-electron chi connectivity index (χ4n) is 2.83. The Labute approximate surface area is 137 Å². The minimum atomic E-state index is 0.380. The molecule has 0 spiro atoms. The van der Waals surface area contributed by atoms with Crippen LogP contribution in [0.3, 0.4) is 0 Å². The van der Waals surface area contributed by atoms with Gasteiger partial charge in [0.2, 0.25) is 0 Å². The second-order valence-electron chi connectivity index (χ2n) is 6.01. The van der Waals surface area contributed by atoms with E-state index in [1.165, 1.54) is 61.1 Å². The molecule has 0 aromatic carbocycles. The maximum atomic E-state index is 12.2. The summed E-state index contributed by atoms with van der Waals surface area (Å²) in [7, 11) is 0. The van der Waals surface area contributed by atoms with Crippen molar-refractivity contribution in [1.82, 2.24) is 0 Å². The number of unbranched alkanes of at least 4 members (excludes halogenated alkanes) is 7. The summed E-state index contributed by atoms with van der Waals surface area (Å²) in [5.41, 5.74) is 1.43.